The van der Waals surface area contributed by atoms with Gasteiger partial charge in [0.25, 0.3) is 5.91 Å². The molecule has 4 rings (SSSR count). The van der Waals surface area contributed by atoms with E-state index in [1.807, 2.05) is 18.2 Å². The second-order valence-electron chi connectivity index (χ2n) is 6.18. The fraction of sp³-hybridized carbons (Fsp3) is 0.200. The number of aryl methyl sites for hydroxylation is 3. The van der Waals surface area contributed by atoms with Gasteiger partial charge in [-0.05, 0) is 31.0 Å². The summed E-state index contributed by atoms with van der Waals surface area (Å²) in [4.78, 5) is 20.0. The lowest BCUT2D eigenvalue weighted by Crippen LogP contribution is -2.12. The van der Waals surface area contributed by atoms with Gasteiger partial charge in [0.2, 0.25) is 5.76 Å². The number of aromatic nitrogens is 2. The standard InChI is InChI=1S/C20H19N3O2/c1-4-13-6-5-7-16-15-9-8-14(10-17(15)23-18(13)16)22-20(24)19-11(2)21-12(3)25-19/h5-10,23H,4H2,1-3H3,(H,22,24). The van der Waals surface area contributed by atoms with Gasteiger partial charge in [0.15, 0.2) is 5.89 Å². The van der Waals surface area contributed by atoms with Crippen LogP contribution in [0.25, 0.3) is 21.8 Å². The summed E-state index contributed by atoms with van der Waals surface area (Å²) in [5.74, 6) is 0.450. The van der Waals surface area contributed by atoms with Crippen LogP contribution < -0.4 is 5.32 Å². The first-order valence-electron chi connectivity index (χ1n) is 8.35. The minimum atomic E-state index is -0.289. The first-order valence-corrected chi connectivity index (χ1v) is 8.35. The molecule has 0 aliphatic rings. The van der Waals surface area contributed by atoms with Crippen molar-refractivity contribution in [1.29, 1.82) is 0 Å². The van der Waals surface area contributed by atoms with E-state index in [4.69, 9.17) is 4.42 Å². The Morgan fingerprint density at radius 3 is 2.76 bits per heavy atom. The van der Waals surface area contributed by atoms with E-state index in [9.17, 15) is 4.79 Å². The van der Waals surface area contributed by atoms with Crippen molar-refractivity contribution in [2.24, 2.45) is 0 Å². The third-order valence-corrected chi connectivity index (χ3v) is 4.47. The minimum absolute atomic E-state index is 0.252. The van der Waals surface area contributed by atoms with Crippen LogP contribution in [0.1, 0.15) is 34.6 Å². The maximum Gasteiger partial charge on any atom is 0.293 e. The van der Waals surface area contributed by atoms with Crippen LogP contribution in [0.15, 0.2) is 40.8 Å². The van der Waals surface area contributed by atoms with Crippen molar-refractivity contribution < 1.29 is 9.21 Å². The molecule has 0 unspecified atom stereocenters. The molecule has 5 heteroatoms. The monoisotopic (exact) mass is 333 g/mol. The molecule has 2 heterocycles. The fourth-order valence-electron chi connectivity index (χ4n) is 3.29. The summed E-state index contributed by atoms with van der Waals surface area (Å²) >= 11 is 0. The molecule has 0 aliphatic heterocycles. The first-order chi connectivity index (χ1) is 12.1. The van der Waals surface area contributed by atoms with Crippen LogP contribution in [0, 0.1) is 13.8 Å². The number of fused-ring (bicyclic) bond motifs is 3. The number of benzene rings is 2. The van der Waals surface area contributed by atoms with Gasteiger partial charge < -0.3 is 14.7 Å². The van der Waals surface area contributed by atoms with E-state index in [0.29, 0.717) is 11.6 Å². The zero-order valence-electron chi connectivity index (χ0n) is 14.4. The number of carbonyl (C=O) groups is 1. The summed E-state index contributed by atoms with van der Waals surface area (Å²) in [6, 6.07) is 12.2. The number of nitrogens with zero attached hydrogens (tertiary/aromatic N) is 1. The van der Waals surface area contributed by atoms with E-state index in [1.54, 1.807) is 13.8 Å². The zero-order chi connectivity index (χ0) is 17.6. The lowest BCUT2D eigenvalue weighted by atomic mass is 10.1. The maximum absolute atomic E-state index is 12.4. The van der Waals surface area contributed by atoms with Crippen LogP contribution in [0.3, 0.4) is 0 Å². The Morgan fingerprint density at radius 2 is 2.04 bits per heavy atom. The summed E-state index contributed by atoms with van der Waals surface area (Å²) in [5.41, 5.74) is 4.75. The number of aromatic amines is 1. The van der Waals surface area contributed by atoms with Gasteiger partial charge in [-0.3, -0.25) is 4.79 Å². The van der Waals surface area contributed by atoms with Crippen molar-refractivity contribution in [3.63, 3.8) is 0 Å². The molecule has 2 aromatic heterocycles. The van der Waals surface area contributed by atoms with Gasteiger partial charge in [0.05, 0.1) is 5.69 Å². The number of oxazole rings is 1. The highest BCUT2D eigenvalue weighted by Crippen LogP contribution is 2.30. The average molecular weight is 333 g/mol. The molecule has 126 valence electrons. The average Bonchev–Trinajstić information content (AvgIpc) is 3.13. The molecule has 0 atom stereocenters. The maximum atomic E-state index is 12.4. The highest BCUT2D eigenvalue weighted by atomic mass is 16.4. The lowest BCUT2D eigenvalue weighted by molar-refractivity contribution is 0.0994. The molecular weight excluding hydrogens is 314 g/mol. The van der Waals surface area contributed by atoms with E-state index in [0.717, 1.165) is 28.5 Å². The summed E-state index contributed by atoms with van der Waals surface area (Å²) in [7, 11) is 0. The number of hydrogen-bond acceptors (Lipinski definition) is 3. The number of anilines is 1. The van der Waals surface area contributed by atoms with Crippen LogP contribution in [0.5, 0.6) is 0 Å². The number of rotatable bonds is 3. The Morgan fingerprint density at radius 1 is 1.20 bits per heavy atom. The molecule has 0 saturated heterocycles. The van der Waals surface area contributed by atoms with Gasteiger partial charge in [0, 0.05) is 34.4 Å². The summed E-state index contributed by atoms with van der Waals surface area (Å²) in [6.07, 6.45) is 0.970. The molecule has 2 N–H and O–H groups in total. The summed E-state index contributed by atoms with van der Waals surface area (Å²) in [5, 5.41) is 5.24. The lowest BCUT2D eigenvalue weighted by Gasteiger charge is -2.03. The number of hydrogen-bond donors (Lipinski definition) is 2. The molecule has 0 aliphatic carbocycles. The Labute approximate surface area is 145 Å². The highest BCUT2D eigenvalue weighted by molar-refractivity contribution is 6.10. The molecule has 2 aromatic carbocycles. The van der Waals surface area contributed by atoms with Gasteiger partial charge in [-0.15, -0.1) is 0 Å². The third-order valence-electron chi connectivity index (χ3n) is 4.47. The Balaban J connectivity index is 1.73. The molecule has 0 spiro atoms. The van der Waals surface area contributed by atoms with Gasteiger partial charge in [0.1, 0.15) is 0 Å². The van der Waals surface area contributed by atoms with Crippen molar-refractivity contribution in [3.8, 4) is 0 Å². The van der Waals surface area contributed by atoms with Crippen molar-refractivity contribution in [3.05, 3.63) is 59.3 Å². The quantitative estimate of drug-likeness (QED) is 0.569. The van der Waals surface area contributed by atoms with Crippen LogP contribution in [0.2, 0.25) is 0 Å². The van der Waals surface area contributed by atoms with E-state index in [1.165, 1.54) is 10.9 Å². The van der Waals surface area contributed by atoms with Gasteiger partial charge in [-0.1, -0.05) is 31.2 Å². The normalized spacial score (nSPS) is 11.3. The van der Waals surface area contributed by atoms with Gasteiger partial charge >= 0.3 is 0 Å². The number of amides is 1. The van der Waals surface area contributed by atoms with Crippen molar-refractivity contribution in [2.45, 2.75) is 27.2 Å². The molecular formula is C20H19N3O2. The Hall–Kier alpha value is -3.08. The van der Waals surface area contributed by atoms with Crippen LogP contribution in [-0.2, 0) is 6.42 Å². The second kappa shape index (κ2) is 5.77. The van der Waals surface area contributed by atoms with Crippen molar-refractivity contribution >= 4 is 33.4 Å². The number of carbonyl (C=O) groups excluding carboxylic acids is 1. The Kier molecular flexibility index (Phi) is 3.57. The van der Waals surface area contributed by atoms with E-state index in [2.05, 4.69) is 40.4 Å². The topological polar surface area (TPSA) is 70.9 Å². The minimum Gasteiger partial charge on any atom is -0.436 e. The van der Waals surface area contributed by atoms with Crippen LogP contribution in [0.4, 0.5) is 5.69 Å². The van der Waals surface area contributed by atoms with Crippen LogP contribution in [-0.4, -0.2) is 15.9 Å². The second-order valence-corrected chi connectivity index (χ2v) is 6.18. The molecule has 1 amide bonds. The third kappa shape index (κ3) is 2.58. The smallest absolute Gasteiger partial charge is 0.293 e. The molecule has 0 radical (unpaired) electrons. The molecule has 5 nitrogen and oxygen atoms in total. The number of para-hydroxylation sites is 1. The number of nitrogens with one attached hydrogen (secondary N) is 2. The Bertz CT molecular complexity index is 1100. The van der Waals surface area contributed by atoms with E-state index < -0.39 is 0 Å². The summed E-state index contributed by atoms with van der Waals surface area (Å²) in [6.45, 7) is 5.64. The molecule has 0 saturated carbocycles. The summed E-state index contributed by atoms with van der Waals surface area (Å²) < 4.78 is 5.38. The zero-order valence-corrected chi connectivity index (χ0v) is 14.4. The van der Waals surface area contributed by atoms with E-state index in [-0.39, 0.29) is 11.7 Å². The first kappa shape index (κ1) is 15.4. The van der Waals surface area contributed by atoms with E-state index >= 15 is 0 Å². The largest absolute Gasteiger partial charge is 0.436 e. The molecule has 0 bridgehead atoms. The number of H-pyrrole nitrogens is 1. The van der Waals surface area contributed by atoms with Crippen LogP contribution >= 0.6 is 0 Å². The fourth-order valence-corrected chi connectivity index (χ4v) is 3.29. The highest BCUT2D eigenvalue weighted by Gasteiger charge is 2.16. The molecule has 25 heavy (non-hydrogen) atoms. The predicted molar refractivity (Wildman–Crippen MR) is 99.1 cm³/mol. The van der Waals surface area contributed by atoms with Crippen molar-refractivity contribution in [1.82, 2.24) is 9.97 Å². The van der Waals surface area contributed by atoms with Gasteiger partial charge in [-0.25, -0.2) is 4.98 Å². The van der Waals surface area contributed by atoms with Gasteiger partial charge in [-0.2, -0.15) is 0 Å². The van der Waals surface area contributed by atoms with Crippen molar-refractivity contribution in [2.75, 3.05) is 5.32 Å². The molecule has 0 fully saturated rings. The molecule has 4 aromatic rings. The SMILES string of the molecule is CCc1cccc2c1[nH]c1cc(NC(=O)c3oc(C)nc3C)ccc12. The predicted octanol–water partition coefficient (Wildman–Crippen LogP) is 4.74.